The van der Waals surface area contributed by atoms with Crippen molar-refractivity contribution in [2.45, 2.75) is 10.9 Å². The van der Waals surface area contributed by atoms with Gasteiger partial charge in [-0.3, -0.25) is 9.10 Å². The first kappa shape index (κ1) is 24.0. The van der Waals surface area contributed by atoms with Crippen LogP contribution in [-0.4, -0.2) is 20.9 Å². The molecule has 0 aromatic heterocycles. The number of nitrogens with zero attached hydrogens (tertiary/aromatic N) is 1. The highest BCUT2D eigenvalue weighted by Crippen LogP contribution is 2.26. The summed E-state index contributed by atoms with van der Waals surface area (Å²) in [7, 11) is -3.96. The molecule has 4 aromatic carbocycles. The Balaban J connectivity index is 1.67. The lowest BCUT2D eigenvalue weighted by Gasteiger charge is -2.26. The van der Waals surface area contributed by atoms with Crippen molar-refractivity contribution in [3.05, 3.63) is 130 Å². The van der Waals surface area contributed by atoms with Gasteiger partial charge < -0.3 is 5.32 Å². The maximum Gasteiger partial charge on any atom is 0.264 e. The summed E-state index contributed by atoms with van der Waals surface area (Å²) in [4.78, 5) is 13.4. The third kappa shape index (κ3) is 5.66. The monoisotopic (exact) mass is 582 g/mol. The van der Waals surface area contributed by atoms with Gasteiger partial charge in [0.2, 0.25) is 5.91 Å². The van der Waals surface area contributed by atoms with E-state index < -0.39 is 22.0 Å². The van der Waals surface area contributed by atoms with Crippen molar-refractivity contribution in [1.82, 2.24) is 5.32 Å². The van der Waals surface area contributed by atoms with Gasteiger partial charge in [0.1, 0.15) is 6.54 Å². The molecule has 7 heteroatoms. The summed E-state index contributed by atoms with van der Waals surface area (Å²) in [5.74, 6) is -0.407. The summed E-state index contributed by atoms with van der Waals surface area (Å²) in [6.07, 6.45) is 0. The van der Waals surface area contributed by atoms with E-state index in [9.17, 15) is 13.2 Å². The summed E-state index contributed by atoms with van der Waals surface area (Å²) in [5, 5.41) is 3.04. The highest BCUT2D eigenvalue weighted by atomic mass is 127. The van der Waals surface area contributed by atoms with Crippen LogP contribution in [0.2, 0.25) is 0 Å². The largest absolute Gasteiger partial charge is 0.344 e. The molecule has 0 fully saturated rings. The van der Waals surface area contributed by atoms with E-state index in [1.54, 1.807) is 30.3 Å². The van der Waals surface area contributed by atoms with Gasteiger partial charge in [0.25, 0.3) is 10.0 Å². The van der Waals surface area contributed by atoms with Gasteiger partial charge in [-0.25, -0.2) is 8.42 Å². The fraction of sp³-hybridized carbons (Fsp3) is 0.0741. The Bertz CT molecular complexity index is 1290. The average Bonchev–Trinajstić information content (AvgIpc) is 2.88. The number of amides is 1. The third-order valence-corrected chi connectivity index (χ3v) is 7.81. The first-order chi connectivity index (χ1) is 16.4. The Labute approximate surface area is 213 Å². The number of hydrogen-bond acceptors (Lipinski definition) is 3. The Morgan fingerprint density at radius 2 is 1.21 bits per heavy atom. The van der Waals surface area contributed by atoms with Crippen molar-refractivity contribution in [2.75, 3.05) is 10.8 Å². The molecule has 1 amide bonds. The third-order valence-electron chi connectivity index (χ3n) is 5.30. The van der Waals surface area contributed by atoms with Crippen LogP contribution in [0.5, 0.6) is 0 Å². The van der Waals surface area contributed by atoms with Crippen LogP contribution in [0.3, 0.4) is 0 Å². The van der Waals surface area contributed by atoms with Gasteiger partial charge in [-0.15, -0.1) is 0 Å². The van der Waals surface area contributed by atoms with E-state index in [4.69, 9.17) is 0 Å². The van der Waals surface area contributed by atoms with Crippen molar-refractivity contribution in [3.8, 4) is 0 Å². The van der Waals surface area contributed by atoms with Crippen LogP contribution in [0.25, 0.3) is 0 Å². The van der Waals surface area contributed by atoms with Crippen LogP contribution >= 0.6 is 22.6 Å². The number of halogens is 1. The van der Waals surface area contributed by atoms with Gasteiger partial charge in [0, 0.05) is 3.57 Å². The summed E-state index contributed by atoms with van der Waals surface area (Å²) in [6, 6.07) is 34.0. The van der Waals surface area contributed by atoms with E-state index in [1.165, 1.54) is 12.1 Å². The number of carbonyl (C=O) groups excluding carboxylic acids is 1. The standard InChI is InChI=1S/C27H23IN2O3S/c28-23-16-18-24(19-17-23)30(34(32,33)25-14-8-3-9-15-25)20-26(31)29-27(21-10-4-1-5-11-21)22-12-6-2-7-13-22/h1-19,27H,20H2,(H,29,31). The number of nitrogens with one attached hydrogen (secondary N) is 1. The number of sulfonamides is 1. The molecule has 34 heavy (non-hydrogen) atoms. The number of benzene rings is 4. The van der Waals surface area contributed by atoms with E-state index in [0.29, 0.717) is 5.69 Å². The molecule has 5 nitrogen and oxygen atoms in total. The molecular weight excluding hydrogens is 559 g/mol. The lowest BCUT2D eigenvalue weighted by molar-refractivity contribution is -0.120. The van der Waals surface area contributed by atoms with Crippen molar-refractivity contribution >= 4 is 44.2 Å². The molecule has 0 aliphatic rings. The Hall–Kier alpha value is -3.17. The number of anilines is 1. The first-order valence-electron chi connectivity index (χ1n) is 10.7. The molecule has 0 bridgehead atoms. The van der Waals surface area contributed by atoms with Gasteiger partial charge >= 0.3 is 0 Å². The molecular formula is C27H23IN2O3S. The fourth-order valence-corrected chi connectivity index (χ4v) is 5.43. The summed E-state index contributed by atoms with van der Waals surface area (Å²) >= 11 is 2.16. The lowest BCUT2D eigenvalue weighted by atomic mass is 9.99. The molecule has 4 rings (SSSR count). The van der Waals surface area contributed by atoms with Gasteiger partial charge in [0.05, 0.1) is 16.6 Å². The molecule has 0 atom stereocenters. The molecule has 0 unspecified atom stereocenters. The number of hydrogen-bond donors (Lipinski definition) is 1. The second-order valence-corrected chi connectivity index (χ2v) is 10.7. The zero-order valence-corrected chi connectivity index (χ0v) is 21.2. The minimum absolute atomic E-state index is 0.129. The summed E-state index contributed by atoms with van der Waals surface area (Å²) in [5.41, 5.74) is 2.25. The molecule has 0 saturated carbocycles. The van der Waals surface area contributed by atoms with Crippen LogP contribution in [0.15, 0.2) is 120 Å². The highest BCUT2D eigenvalue weighted by Gasteiger charge is 2.28. The van der Waals surface area contributed by atoms with Crippen molar-refractivity contribution in [2.24, 2.45) is 0 Å². The highest BCUT2D eigenvalue weighted by molar-refractivity contribution is 14.1. The molecule has 0 radical (unpaired) electrons. The molecule has 172 valence electrons. The van der Waals surface area contributed by atoms with Crippen molar-refractivity contribution in [3.63, 3.8) is 0 Å². The zero-order chi connectivity index (χ0) is 24.0. The van der Waals surface area contributed by atoms with Gasteiger partial charge in [-0.1, -0.05) is 78.9 Å². The predicted octanol–water partition coefficient (Wildman–Crippen LogP) is 5.39. The van der Waals surface area contributed by atoms with Gasteiger partial charge in [-0.05, 0) is 70.1 Å². The normalized spacial score (nSPS) is 11.2. The molecule has 4 aromatic rings. The quantitative estimate of drug-likeness (QED) is 0.284. The molecule has 0 aliphatic carbocycles. The predicted molar refractivity (Wildman–Crippen MR) is 143 cm³/mol. The van der Waals surface area contributed by atoms with E-state index in [-0.39, 0.29) is 11.4 Å². The van der Waals surface area contributed by atoms with Gasteiger partial charge in [0.15, 0.2) is 0 Å². The van der Waals surface area contributed by atoms with E-state index in [0.717, 1.165) is 19.0 Å². The molecule has 0 aliphatic heterocycles. The maximum absolute atomic E-state index is 13.5. The van der Waals surface area contributed by atoms with Crippen LogP contribution in [0, 0.1) is 3.57 Å². The SMILES string of the molecule is O=C(CN(c1ccc(I)cc1)S(=O)(=O)c1ccccc1)NC(c1ccccc1)c1ccccc1. The van der Waals surface area contributed by atoms with Crippen LogP contribution < -0.4 is 9.62 Å². The Morgan fingerprint density at radius 1 is 0.735 bits per heavy atom. The van der Waals surface area contributed by atoms with Crippen molar-refractivity contribution in [1.29, 1.82) is 0 Å². The first-order valence-corrected chi connectivity index (χ1v) is 13.2. The average molecular weight is 582 g/mol. The zero-order valence-electron chi connectivity index (χ0n) is 18.2. The van der Waals surface area contributed by atoms with Crippen molar-refractivity contribution < 1.29 is 13.2 Å². The molecule has 0 heterocycles. The van der Waals surface area contributed by atoms with Crippen LogP contribution in [-0.2, 0) is 14.8 Å². The maximum atomic E-state index is 13.5. The van der Waals surface area contributed by atoms with E-state index in [2.05, 4.69) is 27.9 Å². The van der Waals surface area contributed by atoms with E-state index in [1.807, 2.05) is 72.8 Å². The van der Waals surface area contributed by atoms with Crippen LogP contribution in [0.4, 0.5) is 5.69 Å². The smallest absolute Gasteiger partial charge is 0.264 e. The number of carbonyl (C=O) groups is 1. The second-order valence-electron chi connectivity index (χ2n) is 7.62. The topological polar surface area (TPSA) is 66.5 Å². The molecule has 0 spiro atoms. The Kier molecular flexibility index (Phi) is 7.64. The summed E-state index contributed by atoms with van der Waals surface area (Å²) < 4.78 is 29.2. The minimum atomic E-state index is -3.96. The summed E-state index contributed by atoms with van der Waals surface area (Å²) in [6.45, 7) is -0.353. The second kappa shape index (κ2) is 10.8. The van der Waals surface area contributed by atoms with Gasteiger partial charge in [-0.2, -0.15) is 0 Å². The number of rotatable bonds is 8. The molecule has 1 N–H and O–H groups in total. The Morgan fingerprint density at radius 3 is 1.71 bits per heavy atom. The lowest BCUT2D eigenvalue weighted by Crippen LogP contribution is -2.42. The van der Waals surface area contributed by atoms with E-state index >= 15 is 0 Å². The van der Waals surface area contributed by atoms with Crippen LogP contribution in [0.1, 0.15) is 17.2 Å². The molecule has 0 saturated heterocycles. The minimum Gasteiger partial charge on any atom is -0.344 e. The fourth-order valence-electron chi connectivity index (χ4n) is 3.63.